The lowest BCUT2D eigenvalue weighted by atomic mass is 9.87. The van der Waals surface area contributed by atoms with E-state index in [1.165, 1.54) is 41.3 Å². The van der Waals surface area contributed by atoms with Crippen LogP contribution in [0.25, 0.3) is 0 Å². The Kier molecular flexibility index (Phi) is 6.38. The number of piperidine rings is 1. The fourth-order valence-electron chi connectivity index (χ4n) is 4.83. The molecular formula is C25H35N5O2. The fourth-order valence-corrected chi connectivity index (χ4v) is 4.83. The molecule has 0 N–H and O–H groups in total. The average molecular weight is 438 g/mol. The number of rotatable bonds is 5. The van der Waals surface area contributed by atoms with E-state index in [1.54, 1.807) is 12.3 Å². The summed E-state index contributed by atoms with van der Waals surface area (Å²) in [5.41, 5.74) is 4.42. The van der Waals surface area contributed by atoms with E-state index in [0.717, 1.165) is 32.5 Å². The SMILES string of the molecule is CC(=O)c1ccn(C(=O)N2CCC(C)(N(C)Cc3ccc(C)cc3N3CCCC3)CC2)n1. The monoisotopic (exact) mass is 437 g/mol. The first-order valence-electron chi connectivity index (χ1n) is 11.7. The number of carbonyl (C=O) groups excluding carboxylic acids is 2. The first-order chi connectivity index (χ1) is 15.3. The fraction of sp³-hybridized carbons (Fsp3) is 0.560. The van der Waals surface area contributed by atoms with E-state index in [-0.39, 0.29) is 17.4 Å². The summed E-state index contributed by atoms with van der Waals surface area (Å²) in [5.74, 6) is -0.131. The molecule has 1 aromatic heterocycles. The molecule has 2 fully saturated rings. The van der Waals surface area contributed by atoms with Gasteiger partial charge in [0.15, 0.2) is 5.78 Å². The van der Waals surface area contributed by atoms with Crippen molar-refractivity contribution in [1.29, 1.82) is 0 Å². The van der Waals surface area contributed by atoms with Crippen molar-refractivity contribution in [3.63, 3.8) is 0 Å². The zero-order valence-electron chi connectivity index (χ0n) is 19.8. The quantitative estimate of drug-likeness (QED) is 0.663. The van der Waals surface area contributed by atoms with E-state index in [4.69, 9.17) is 0 Å². The normalized spacial score (nSPS) is 18.4. The van der Waals surface area contributed by atoms with Crippen molar-refractivity contribution in [2.45, 2.75) is 58.5 Å². The number of benzene rings is 1. The number of amides is 1. The van der Waals surface area contributed by atoms with E-state index in [9.17, 15) is 9.59 Å². The molecule has 3 heterocycles. The zero-order valence-corrected chi connectivity index (χ0v) is 19.8. The molecule has 4 rings (SSSR count). The number of ketones is 1. The number of Topliss-reactive ketones (excluding diaryl/α,β-unsaturated/α-hetero) is 1. The van der Waals surface area contributed by atoms with Gasteiger partial charge in [0.2, 0.25) is 0 Å². The molecule has 2 saturated heterocycles. The third kappa shape index (κ3) is 4.58. The van der Waals surface area contributed by atoms with E-state index in [1.807, 2.05) is 4.90 Å². The van der Waals surface area contributed by atoms with Crippen LogP contribution in [-0.2, 0) is 6.54 Å². The van der Waals surface area contributed by atoms with E-state index in [2.05, 4.69) is 54.0 Å². The third-order valence-corrected chi connectivity index (χ3v) is 7.27. The molecular weight excluding hydrogens is 402 g/mol. The lowest BCUT2D eigenvalue weighted by Gasteiger charge is -2.45. The lowest BCUT2D eigenvalue weighted by molar-refractivity contribution is 0.0586. The van der Waals surface area contributed by atoms with Gasteiger partial charge in [0.1, 0.15) is 5.69 Å². The first-order valence-corrected chi connectivity index (χ1v) is 11.7. The van der Waals surface area contributed by atoms with Crippen LogP contribution in [0.3, 0.4) is 0 Å². The van der Waals surface area contributed by atoms with Crippen LogP contribution in [0, 0.1) is 6.92 Å². The Bertz CT molecular complexity index is 984. The third-order valence-electron chi connectivity index (χ3n) is 7.27. The van der Waals surface area contributed by atoms with E-state index in [0.29, 0.717) is 18.8 Å². The first kappa shape index (κ1) is 22.5. The molecule has 0 radical (unpaired) electrons. The minimum absolute atomic E-state index is 0.0264. The Morgan fingerprint density at radius 3 is 2.41 bits per heavy atom. The molecule has 0 aliphatic carbocycles. The molecule has 0 saturated carbocycles. The summed E-state index contributed by atoms with van der Waals surface area (Å²) < 4.78 is 1.29. The number of hydrogen-bond donors (Lipinski definition) is 0. The van der Waals surface area contributed by atoms with Crippen LogP contribution >= 0.6 is 0 Å². The molecule has 32 heavy (non-hydrogen) atoms. The van der Waals surface area contributed by atoms with E-state index >= 15 is 0 Å². The summed E-state index contributed by atoms with van der Waals surface area (Å²) in [6.07, 6.45) is 5.93. The Hall–Kier alpha value is -2.67. The van der Waals surface area contributed by atoms with Crippen molar-refractivity contribution in [3.05, 3.63) is 47.3 Å². The molecule has 172 valence electrons. The van der Waals surface area contributed by atoms with Crippen LogP contribution in [-0.4, -0.2) is 70.2 Å². The summed E-state index contributed by atoms with van der Waals surface area (Å²) in [7, 11) is 2.21. The molecule has 0 atom stereocenters. The van der Waals surface area contributed by atoms with Crippen LogP contribution in [0.15, 0.2) is 30.5 Å². The molecule has 7 nitrogen and oxygen atoms in total. The second kappa shape index (κ2) is 9.06. The highest BCUT2D eigenvalue weighted by Crippen LogP contribution is 2.32. The molecule has 1 amide bonds. The maximum atomic E-state index is 12.8. The second-order valence-corrected chi connectivity index (χ2v) is 9.65. The highest BCUT2D eigenvalue weighted by molar-refractivity contribution is 5.92. The predicted octanol–water partition coefficient (Wildman–Crippen LogP) is 3.95. The van der Waals surface area contributed by atoms with Gasteiger partial charge in [0.05, 0.1) is 0 Å². The average Bonchev–Trinajstić information content (AvgIpc) is 3.47. The van der Waals surface area contributed by atoms with Gasteiger partial charge >= 0.3 is 6.03 Å². The van der Waals surface area contributed by atoms with Gasteiger partial charge in [0, 0.05) is 57.1 Å². The van der Waals surface area contributed by atoms with Crippen molar-refractivity contribution in [1.82, 2.24) is 19.6 Å². The van der Waals surface area contributed by atoms with Crippen molar-refractivity contribution < 1.29 is 9.59 Å². The van der Waals surface area contributed by atoms with Gasteiger partial charge in [-0.2, -0.15) is 9.78 Å². The molecule has 0 spiro atoms. The minimum atomic E-state index is -0.156. The zero-order chi connectivity index (χ0) is 22.9. The van der Waals surface area contributed by atoms with E-state index < -0.39 is 0 Å². The Balaban J connectivity index is 1.41. The van der Waals surface area contributed by atoms with Gasteiger partial charge in [-0.25, -0.2) is 4.79 Å². The van der Waals surface area contributed by atoms with Gasteiger partial charge in [-0.1, -0.05) is 12.1 Å². The van der Waals surface area contributed by atoms with Crippen molar-refractivity contribution in [3.8, 4) is 0 Å². The van der Waals surface area contributed by atoms with Gasteiger partial charge in [-0.05, 0) is 69.8 Å². The van der Waals surface area contributed by atoms with Crippen LogP contribution in [0.5, 0.6) is 0 Å². The number of anilines is 1. The number of likely N-dealkylation sites (tertiary alicyclic amines) is 1. The molecule has 2 aliphatic heterocycles. The van der Waals surface area contributed by atoms with Gasteiger partial charge < -0.3 is 9.80 Å². The Labute approximate surface area is 191 Å². The highest BCUT2D eigenvalue weighted by Gasteiger charge is 2.36. The standard InChI is InChI=1S/C25H35N5O2/c1-19-7-8-21(23(17-19)28-12-5-6-13-28)18-27(4)25(3)10-15-29(16-11-25)24(32)30-14-9-22(26-30)20(2)31/h7-9,14,17H,5-6,10-13,15-16,18H2,1-4H3. The largest absolute Gasteiger partial charge is 0.371 e. The molecule has 1 aromatic carbocycles. The molecule has 0 bridgehead atoms. The maximum absolute atomic E-state index is 12.8. The van der Waals surface area contributed by atoms with Gasteiger partial charge in [0.25, 0.3) is 0 Å². The number of aromatic nitrogens is 2. The number of nitrogens with zero attached hydrogens (tertiary/aromatic N) is 5. The van der Waals surface area contributed by atoms with Crippen LogP contribution in [0.1, 0.15) is 61.1 Å². The summed E-state index contributed by atoms with van der Waals surface area (Å²) in [4.78, 5) is 31.1. The van der Waals surface area contributed by atoms with Crippen molar-refractivity contribution >= 4 is 17.5 Å². The Morgan fingerprint density at radius 2 is 1.78 bits per heavy atom. The summed E-state index contributed by atoms with van der Waals surface area (Å²) in [6, 6.07) is 8.27. The predicted molar refractivity (Wildman–Crippen MR) is 126 cm³/mol. The second-order valence-electron chi connectivity index (χ2n) is 9.65. The van der Waals surface area contributed by atoms with Gasteiger partial charge in [-0.3, -0.25) is 9.69 Å². The van der Waals surface area contributed by atoms with Crippen LogP contribution in [0.4, 0.5) is 10.5 Å². The Morgan fingerprint density at radius 1 is 1.09 bits per heavy atom. The number of aryl methyl sites for hydroxylation is 1. The summed E-state index contributed by atoms with van der Waals surface area (Å²) in [6.45, 7) is 10.5. The van der Waals surface area contributed by atoms with Crippen molar-refractivity contribution in [2.75, 3.05) is 38.1 Å². The maximum Gasteiger partial charge on any atom is 0.344 e. The molecule has 2 aromatic rings. The molecule has 7 heteroatoms. The van der Waals surface area contributed by atoms with Crippen LogP contribution in [0.2, 0.25) is 0 Å². The summed E-state index contributed by atoms with van der Waals surface area (Å²) >= 11 is 0. The van der Waals surface area contributed by atoms with Crippen LogP contribution < -0.4 is 4.90 Å². The van der Waals surface area contributed by atoms with Gasteiger partial charge in [-0.15, -0.1) is 0 Å². The minimum Gasteiger partial charge on any atom is -0.371 e. The number of hydrogen-bond acceptors (Lipinski definition) is 5. The molecule has 2 aliphatic rings. The molecule has 0 unspecified atom stereocenters. The van der Waals surface area contributed by atoms with Crippen molar-refractivity contribution in [2.24, 2.45) is 0 Å². The smallest absolute Gasteiger partial charge is 0.344 e. The summed E-state index contributed by atoms with van der Waals surface area (Å²) in [5, 5.41) is 4.13. The lowest BCUT2D eigenvalue weighted by Crippen LogP contribution is -2.53. The topological polar surface area (TPSA) is 61.7 Å². The highest BCUT2D eigenvalue weighted by atomic mass is 16.2. The number of carbonyl (C=O) groups is 2.